The number of aryl methyl sites for hydroxylation is 1. The molecule has 0 aliphatic rings. The first-order valence-electron chi connectivity index (χ1n) is 5.78. The van der Waals surface area contributed by atoms with E-state index in [4.69, 9.17) is 5.11 Å². The summed E-state index contributed by atoms with van der Waals surface area (Å²) in [4.78, 5) is 22.9. The third kappa shape index (κ3) is 4.48. The number of phenols is 1. The van der Waals surface area contributed by atoms with Crippen LogP contribution in [0.15, 0.2) is 18.2 Å². The molecule has 0 spiro atoms. The molecule has 1 aromatic rings. The first-order valence-corrected chi connectivity index (χ1v) is 7.17. The van der Waals surface area contributed by atoms with E-state index in [1.54, 1.807) is 19.1 Å². The first-order chi connectivity index (χ1) is 8.95. The maximum absolute atomic E-state index is 11.9. The lowest BCUT2D eigenvalue weighted by Crippen LogP contribution is -2.41. The summed E-state index contributed by atoms with van der Waals surface area (Å²) in [6.07, 6.45) is 2.23. The van der Waals surface area contributed by atoms with Crippen molar-refractivity contribution in [2.75, 3.05) is 12.0 Å². The summed E-state index contributed by atoms with van der Waals surface area (Å²) in [5.74, 6) is -0.887. The number of carbonyl (C=O) groups excluding carboxylic acids is 1. The van der Waals surface area contributed by atoms with Crippen molar-refractivity contribution in [1.82, 2.24) is 5.32 Å². The number of aromatic hydroxyl groups is 1. The standard InChI is InChI=1S/C13H17NO4S/c1-8-3-4-9(7-11(8)15)12(16)14-10(13(17)18)5-6-19-2/h3-4,7,10,15H,5-6H2,1-2H3,(H,14,16)(H,17,18). The molecule has 0 fully saturated rings. The molecule has 0 aliphatic carbocycles. The Morgan fingerprint density at radius 1 is 1.42 bits per heavy atom. The van der Waals surface area contributed by atoms with Gasteiger partial charge in [0.2, 0.25) is 0 Å². The monoisotopic (exact) mass is 283 g/mol. The molecular weight excluding hydrogens is 266 g/mol. The zero-order valence-corrected chi connectivity index (χ0v) is 11.7. The lowest BCUT2D eigenvalue weighted by Gasteiger charge is -2.14. The molecule has 3 N–H and O–H groups in total. The maximum atomic E-state index is 11.9. The Morgan fingerprint density at radius 2 is 2.11 bits per heavy atom. The number of benzene rings is 1. The van der Waals surface area contributed by atoms with Gasteiger partial charge in [-0.05, 0) is 43.0 Å². The van der Waals surface area contributed by atoms with Gasteiger partial charge in [-0.25, -0.2) is 4.79 Å². The number of aliphatic carboxylic acids is 1. The molecule has 0 saturated carbocycles. The van der Waals surface area contributed by atoms with Crippen molar-refractivity contribution < 1.29 is 19.8 Å². The van der Waals surface area contributed by atoms with E-state index in [1.807, 2.05) is 6.26 Å². The van der Waals surface area contributed by atoms with Crippen LogP contribution in [0.3, 0.4) is 0 Å². The zero-order valence-electron chi connectivity index (χ0n) is 10.8. The van der Waals surface area contributed by atoms with Gasteiger partial charge >= 0.3 is 5.97 Å². The lowest BCUT2D eigenvalue weighted by molar-refractivity contribution is -0.139. The average molecular weight is 283 g/mol. The van der Waals surface area contributed by atoms with Crippen molar-refractivity contribution in [2.24, 2.45) is 0 Å². The Hall–Kier alpha value is -1.69. The van der Waals surface area contributed by atoms with Crippen LogP contribution in [0.4, 0.5) is 0 Å². The number of hydrogen-bond donors (Lipinski definition) is 3. The predicted octanol–water partition coefficient (Wildman–Crippen LogP) is 1.64. The normalized spacial score (nSPS) is 11.9. The van der Waals surface area contributed by atoms with E-state index in [0.717, 1.165) is 0 Å². The number of carbonyl (C=O) groups is 2. The van der Waals surface area contributed by atoms with Gasteiger partial charge in [0.05, 0.1) is 0 Å². The summed E-state index contributed by atoms with van der Waals surface area (Å²) in [6, 6.07) is 3.58. The van der Waals surface area contributed by atoms with E-state index in [0.29, 0.717) is 17.7 Å². The van der Waals surface area contributed by atoms with Crippen molar-refractivity contribution in [3.8, 4) is 5.75 Å². The second kappa shape index (κ2) is 7.04. The number of carboxylic acid groups (broad SMARTS) is 1. The number of phenolic OH excluding ortho intramolecular Hbond substituents is 1. The van der Waals surface area contributed by atoms with E-state index in [1.165, 1.54) is 17.8 Å². The molecule has 1 aromatic carbocycles. The van der Waals surface area contributed by atoms with Gasteiger partial charge in [-0.15, -0.1) is 0 Å². The van der Waals surface area contributed by atoms with Crippen LogP contribution in [0.2, 0.25) is 0 Å². The molecule has 0 saturated heterocycles. The summed E-state index contributed by atoms with van der Waals surface area (Å²) >= 11 is 1.52. The van der Waals surface area contributed by atoms with Crippen molar-refractivity contribution in [3.05, 3.63) is 29.3 Å². The molecule has 0 radical (unpaired) electrons. The number of carboxylic acids is 1. The molecule has 1 amide bonds. The number of nitrogens with one attached hydrogen (secondary N) is 1. The maximum Gasteiger partial charge on any atom is 0.326 e. The largest absolute Gasteiger partial charge is 0.508 e. The van der Waals surface area contributed by atoms with Crippen LogP contribution in [-0.2, 0) is 4.79 Å². The van der Waals surface area contributed by atoms with Gasteiger partial charge in [0.15, 0.2) is 0 Å². The lowest BCUT2D eigenvalue weighted by atomic mass is 10.1. The fourth-order valence-electron chi connectivity index (χ4n) is 1.49. The summed E-state index contributed by atoms with van der Waals surface area (Å²) in [5.41, 5.74) is 0.909. The fourth-order valence-corrected chi connectivity index (χ4v) is 1.96. The number of rotatable bonds is 6. The Bertz CT molecular complexity index is 476. The van der Waals surface area contributed by atoms with Gasteiger partial charge in [-0.2, -0.15) is 11.8 Å². The molecule has 1 unspecified atom stereocenters. The molecular formula is C13H17NO4S. The summed E-state index contributed by atoms with van der Waals surface area (Å²) in [5, 5.41) is 21.0. The van der Waals surface area contributed by atoms with Gasteiger partial charge < -0.3 is 15.5 Å². The van der Waals surface area contributed by atoms with Crippen LogP contribution in [0, 0.1) is 6.92 Å². The first kappa shape index (κ1) is 15.4. The molecule has 19 heavy (non-hydrogen) atoms. The minimum atomic E-state index is -1.06. The van der Waals surface area contributed by atoms with Crippen LogP contribution < -0.4 is 5.32 Å². The Morgan fingerprint density at radius 3 is 2.63 bits per heavy atom. The van der Waals surface area contributed by atoms with Crippen LogP contribution in [-0.4, -0.2) is 40.1 Å². The highest BCUT2D eigenvalue weighted by Crippen LogP contribution is 2.17. The van der Waals surface area contributed by atoms with Crippen LogP contribution in [0.1, 0.15) is 22.3 Å². The van der Waals surface area contributed by atoms with Crippen molar-refractivity contribution in [1.29, 1.82) is 0 Å². The number of thioether (sulfide) groups is 1. The molecule has 6 heteroatoms. The highest BCUT2D eigenvalue weighted by molar-refractivity contribution is 7.98. The highest BCUT2D eigenvalue weighted by atomic mass is 32.2. The van der Waals surface area contributed by atoms with Crippen molar-refractivity contribution in [2.45, 2.75) is 19.4 Å². The van der Waals surface area contributed by atoms with E-state index in [-0.39, 0.29) is 11.3 Å². The number of hydrogen-bond acceptors (Lipinski definition) is 4. The van der Waals surface area contributed by atoms with Gasteiger partial charge in [-0.1, -0.05) is 6.07 Å². The van der Waals surface area contributed by atoms with Crippen LogP contribution in [0.5, 0.6) is 5.75 Å². The molecule has 0 heterocycles. The average Bonchev–Trinajstić information content (AvgIpc) is 2.37. The Labute approximate surface area is 116 Å². The Kier molecular flexibility index (Phi) is 5.69. The summed E-state index contributed by atoms with van der Waals surface area (Å²) in [6.45, 7) is 1.72. The van der Waals surface area contributed by atoms with Gasteiger partial charge in [0, 0.05) is 5.56 Å². The fraction of sp³-hybridized carbons (Fsp3) is 0.385. The number of amides is 1. The van der Waals surface area contributed by atoms with Crippen LogP contribution in [0.25, 0.3) is 0 Å². The second-order valence-electron chi connectivity index (χ2n) is 4.15. The predicted molar refractivity (Wildman–Crippen MR) is 74.7 cm³/mol. The quantitative estimate of drug-likeness (QED) is 0.739. The molecule has 0 aromatic heterocycles. The minimum Gasteiger partial charge on any atom is -0.508 e. The van der Waals surface area contributed by atoms with E-state index in [2.05, 4.69) is 5.32 Å². The summed E-state index contributed by atoms with van der Waals surface area (Å²) in [7, 11) is 0. The topological polar surface area (TPSA) is 86.6 Å². The SMILES string of the molecule is CSCCC(NC(=O)c1ccc(C)c(O)c1)C(=O)O. The van der Waals surface area contributed by atoms with Crippen molar-refractivity contribution in [3.63, 3.8) is 0 Å². The molecule has 5 nitrogen and oxygen atoms in total. The van der Waals surface area contributed by atoms with Crippen LogP contribution >= 0.6 is 11.8 Å². The smallest absolute Gasteiger partial charge is 0.326 e. The van der Waals surface area contributed by atoms with E-state index < -0.39 is 17.9 Å². The summed E-state index contributed by atoms with van der Waals surface area (Å²) < 4.78 is 0. The minimum absolute atomic E-state index is 0.0173. The zero-order chi connectivity index (χ0) is 14.4. The second-order valence-corrected chi connectivity index (χ2v) is 5.13. The van der Waals surface area contributed by atoms with E-state index >= 15 is 0 Å². The van der Waals surface area contributed by atoms with Gasteiger partial charge in [0.1, 0.15) is 11.8 Å². The Balaban J connectivity index is 2.75. The third-order valence-corrected chi connectivity index (χ3v) is 3.33. The molecule has 1 atom stereocenters. The molecule has 1 rings (SSSR count). The third-order valence-electron chi connectivity index (χ3n) is 2.69. The van der Waals surface area contributed by atoms with E-state index in [9.17, 15) is 14.7 Å². The molecule has 104 valence electrons. The van der Waals surface area contributed by atoms with Crippen molar-refractivity contribution >= 4 is 23.6 Å². The highest BCUT2D eigenvalue weighted by Gasteiger charge is 2.20. The molecule has 0 bridgehead atoms. The molecule has 0 aliphatic heterocycles. The van der Waals surface area contributed by atoms with Gasteiger partial charge in [0.25, 0.3) is 5.91 Å². The van der Waals surface area contributed by atoms with Gasteiger partial charge in [-0.3, -0.25) is 4.79 Å².